The molecule has 0 saturated heterocycles. The molecule has 0 atom stereocenters. The van der Waals surface area contributed by atoms with Crippen molar-refractivity contribution in [2.75, 3.05) is 5.43 Å². The number of ether oxygens (including phenoxy) is 1. The number of thiazole rings is 1. The van der Waals surface area contributed by atoms with Crippen LogP contribution in [0.5, 0.6) is 5.75 Å². The lowest BCUT2D eigenvalue weighted by Crippen LogP contribution is -2.05. The first-order valence-corrected chi connectivity index (χ1v) is 6.51. The first-order valence-electron chi connectivity index (χ1n) is 5.69. The molecule has 0 amide bonds. The van der Waals surface area contributed by atoms with Gasteiger partial charge in [-0.2, -0.15) is 5.26 Å². The quantitative estimate of drug-likeness (QED) is 0.661. The van der Waals surface area contributed by atoms with Gasteiger partial charge in [-0.25, -0.2) is 10.8 Å². The van der Waals surface area contributed by atoms with Crippen LogP contribution in [-0.4, -0.2) is 4.98 Å². The average molecular weight is 274 g/mol. The summed E-state index contributed by atoms with van der Waals surface area (Å²) in [5, 5.41) is 9.56. The van der Waals surface area contributed by atoms with E-state index >= 15 is 0 Å². The Bertz CT molecular complexity index is 607. The van der Waals surface area contributed by atoms with E-state index in [9.17, 15) is 0 Å². The van der Waals surface area contributed by atoms with Crippen LogP contribution in [0.15, 0.2) is 18.3 Å². The number of hydrogen-bond donors (Lipinski definition) is 2. The van der Waals surface area contributed by atoms with Crippen LogP contribution in [0, 0.1) is 25.2 Å². The molecule has 1 aromatic heterocycles. The SMILES string of the molecule is Cc1cc(C#N)cc(C)c1OCc1cnc(NN)s1. The van der Waals surface area contributed by atoms with E-state index in [1.807, 2.05) is 26.0 Å². The summed E-state index contributed by atoms with van der Waals surface area (Å²) >= 11 is 1.45. The van der Waals surface area contributed by atoms with Gasteiger partial charge in [-0.05, 0) is 37.1 Å². The zero-order valence-electron chi connectivity index (χ0n) is 10.7. The van der Waals surface area contributed by atoms with Crippen molar-refractivity contribution < 1.29 is 4.74 Å². The van der Waals surface area contributed by atoms with Crippen molar-refractivity contribution in [3.63, 3.8) is 0 Å². The average Bonchev–Trinajstić information content (AvgIpc) is 2.85. The van der Waals surface area contributed by atoms with Gasteiger partial charge >= 0.3 is 0 Å². The number of nitrogens with zero attached hydrogens (tertiary/aromatic N) is 2. The number of aryl methyl sites for hydroxylation is 2. The second-order valence-corrected chi connectivity index (χ2v) is 5.23. The van der Waals surface area contributed by atoms with Crippen LogP contribution < -0.4 is 16.0 Å². The van der Waals surface area contributed by atoms with E-state index in [0.29, 0.717) is 17.3 Å². The predicted molar refractivity (Wildman–Crippen MR) is 74.9 cm³/mol. The molecular formula is C13H14N4OS. The van der Waals surface area contributed by atoms with Gasteiger partial charge in [0.2, 0.25) is 0 Å². The molecule has 1 aromatic carbocycles. The fraction of sp³-hybridized carbons (Fsp3) is 0.231. The van der Waals surface area contributed by atoms with Crippen molar-refractivity contribution in [2.45, 2.75) is 20.5 Å². The van der Waals surface area contributed by atoms with Crippen LogP contribution in [0.4, 0.5) is 5.13 Å². The highest BCUT2D eigenvalue weighted by molar-refractivity contribution is 7.15. The van der Waals surface area contributed by atoms with Gasteiger partial charge in [0.1, 0.15) is 12.4 Å². The number of aromatic nitrogens is 1. The van der Waals surface area contributed by atoms with Crippen LogP contribution in [0.3, 0.4) is 0 Å². The molecule has 19 heavy (non-hydrogen) atoms. The Morgan fingerprint density at radius 3 is 2.63 bits per heavy atom. The van der Waals surface area contributed by atoms with Gasteiger partial charge in [-0.3, -0.25) is 5.43 Å². The molecule has 0 saturated carbocycles. The molecule has 6 heteroatoms. The molecule has 0 spiro atoms. The summed E-state index contributed by atoms with van der Waals surface area (Å²) in [7, 11) is 0. The van der Waals surface area contributed by atoms with Crippen molar-refractivity contribution in [3.8, 4) is 11.8 Å². The number of hydrazine groups is 1. The van der Waals surface area contributed by atoms with Gasteiger partial charge in [-0.1, -0.05) is 11.3 Å². The van der Waals surface area contributed by atoms with Gasteiger partial charge in [0.25, 0.3) is 0 Å². The summed E-state index contributed by atoms with van der Waals surface area (Å²) in [6.07, 6.45) is 1.73. The molecule has 0 aliphatic heterocycles. The van der Waals surface area contributed by atoms with Crippen molar-refractivity contribution >= 4 is 16.5 Å². The zero-order chi connectivity index (χ0) is 13.8. The monoisotopic (exact) mass is 274 g/mol. The Kier molecular flexibility index (Phi) is 4.00. The van der Waals surface area contributed by atoms with E-state index in [1.54, 1.807) is 6.20 Å². The summed E-state index contributed by atoms with van der Waals surface area (Å²) in [6.45, 7) is 4.30. The maximum atomic E-state index is 8.90. The smallest absolute Gasteiger partial charge is 0.197 e. The van der Waals surface area contributed by atoms with E-state index in [4.69, 9.17) is 15.8 Å². The Morgan fingerprint density at radius 2 is 2.11 bits per heavy atom. The van der Waals surface area contributed by atoms with Crippen LogP contribution >= 0.6 is 11.3 Å². The predicted octanol–water partition coefficient (Wildman–Crippen LogP) is 2.50. The number of nitrogen functional groups attached to an aromatic ring is 1. The molecule has 2 aromatic rings. The Hall–Kier alpha value is -2.10. The summed E-state index contributed by atoms with van der Waals surface area (Å²) in [5.74, 6) is 6.09. The third kappa shape index (κ3) is 3.02. The molecule has 0 bridgehead atoms. The summed E-state index contributed by atoms with van der Waals surface area (Å²) in [6, 6.07) is 5.78. The van der Waals surface area contributed by atoms with E-state index in [-0.39, 0.29) is 0 Å². The minimum atomic E-state index is 0.437. The molecule has 1 heterocycles. The molecule has 0 radical (unpaired) electrons. The summed E-state index contributed by atoms with van der Waals surface area (Å²) in [5.41, 5.74) is 5.06. The van der Waals surface area contributed by atoms with Crippen molar-refractivity contribution in [1.29, 1.82) is 5.26 Å². The molecular weight excluding hydrogens is 260 g/mol. The number of rotatable bonds is 4. The van der Waals surface area contributed by atoms with E-state index in [2.05, 4.69) is 16.5 Å². The number of benzene rings is 1. The van der Waals surface area contributed by atoms with Gasteiger partial charge in [0.05, 0.1) is 16.5 Å². The Balaban J connectivity index is 2.13. The normalized spacial score (nSPS) is 10.0. The van der Waals surface area contributed by atoms with Gasteiger partial charge < -0.3 is 4.74 Å². The van der Waals surface area contributed by atoms with Crippen molar-refractivity contribution in [1.82, 2.24) is 4.98 Å². The number of anilines is 1. The lowest BCUT2D eigenvalue weighted by Gasteiger charge is -2.11. The maximum Gasteiger partial charge on any atom is 0.197 e. The number of nitrogens with one attached hydrogen (secondary N) is 1. The lowest BCUT2D eigenvalue weighted by atomic mass is 10.1. The highest BCUT2D eigenvalue weighted by Crippen LogP contribution is 2.26. The van der Waals surface area contributed by atoms with E-state index in [1.165, 1.54) is 11.3 Å². The fourth-order valence-corrected chi connectivity index (χ4v) is 2.46. The maximum absolute atomic E-state index is 8.90. The third-order valence-electron chi connectivity index (χ3n) is 2.63. The topological polar surface area (TPSA) is 84.0 Å². The molecule has 0 fully saturated rings. The third-order valence-corrected chi connectivity index (χ3v) is 3.53. The first kappa shape index (κ1) is 13.3. The summed E-state index contributed by atoms with van der Waals surface area (Å²) < 4.78 is 5.80. The molecule has 3 N–H and O–H groups in total. The molecule has 0 unspecified atom stereocenters. The fourth-order valence-electron chi connectivity index (χ4n) is 1.83. The Morgan fingerprint density at radius 1 is 1.42 bits per heavy atom. The standard InChI is InChI=1S/C13H14N4OS/c1-8-3-10(5-14)4-9(2)12(8)18-7-11-6-16-13(17-15)19-11/h3-4,6H,7,15H2,1-2H3,(H,16,17). The molecule has 0 aliphatic carbocycles. The highest BCUT2D eigenvalue weighted by atomic mass is 32.1. The van der Waals surface area contributed by atoms with Crippen LogP contribution in [0.1, 0.15) is 21.6 Å². The molecule has 0 aliphatic rings. The zero-order valence-corrected chi connectivity index (χ0v) is 11.5. The number of hydrogen-bond acceptors (Lipinski definition) is 6. The van der Waals surface area contributed by atoms with E-state index in [0.717, 1.165) is 21.8 Å². The van der Waals surface area contributed by atoms with Crippen LogP contribution in [0.2, 0.25) is 0 Å². The largest absolute Gasteiger partial charge is 0.487 e. The molecule has 98 valence electrons. The first-order chi connectivity index (χ1) is 9.13. The van der Waals surface area contributed by atoms with Gasteiger partial charge in [-0.15, -0.1) is 0 Å². The van der Waals surface area contributed by atoms with Crippen molar-refractivity contribution in [2.24, 2.45) is 5.84 Å². The second-order valence-electron chi connectivity index (χ2n) is 4.12. The second kappa shape index (κ2) is 5.69. The van der Waals surface area contributed by atoms with E-state index < -0.39 is 0 Å². The molecule has 5 nitrogen and oxygen atoms in total. The highest BCUT2D eigenvalue weighted by Gasteiger charge is 2.08. The number of nitrogens with two attached hydrogens (primary N) is 1. The van der Waals surface area contributed by atoms with Crippen molar-refractivity contribution in [3.05, 3.63) is 39.9 Å². The minimum Gasteiger partial charge on any atom is -0.487 e. The van der Waals surface area contributed by atoms with Crippen LogP contribution in [-0.2, 0) is 6.61 Å². The Labute approximate surface area is 115 Å². The molecule has 2 rings (SSSR count). The summed E-state index contributed by atoms with van der Waals surface area (Å²) in [4.78, 5) is 5.06. The van der Waals surface area contributed by atoms with Gasteiger partial charge in [0.15, 0.2) is 5.13 Å². The number of nitriles is 1. The van der Waals surface area contributed by atoms with Crippen LogP contribution in [0.25, 0.3) is 0 Å². The lowest BCUT2D eigenvalue weighted by molar-refractivity contribution is 0.305. The minimum absolute atomic E-state index is 0.437. The van der Waals surface area contributed by atoms with Gasteiger partial charge in [0, 0.05) is 6.20 Å².